The van der Waals surface area contributed by atoms with Crippen molar-refractivity contribution in [1.82, 2.24) is 20.7 Å². The van der Waals surface area contributed by atoms with E-state index >= 15 is 0 Å². The number of benzene rings is 1. The molecule has 30 heavy (non-hydrogen) atoms. The van der Waals surface area contributed by atoms with E-state index < -0.39 is 0 Å². The van der Waals surface area contributed by atoms with Crippen LogP contribution in [0.2, 0.25) is 0 Å². The molecule has 2 heterocycles. The normalized spacial score (nSPS) is 15.4. The third-order valence-electron chi connectivity index (χ3n) is 5.98. The Bertz CT molecular complexity index is 802. The Morgan fingerprint density at radius 1 is 1.20 bits per heavy atom. The van der Waals surface area contributed by atoms with Gasteiger partial charge in [0, 0.05) is 44.7 Å². The third-order valence-corrected chi connectivity index (χ3v) is 5.98. The van der Waals surface area contributed by atoms with Crippen molar-refractivity contribution in [3.8, 4) is 0 Å². The molecule has 2 N–H and O–H groups in total. The Labute approximate surface area is 197 Å². The van der Waals surface area contributed by atoms with Crippen LogP contribution in [0.1, 0.15) is 62.1 Å². The highest BCUT2D eigenvalue weighted by molar-refractivity contribution is 14.0. The van der Waals surface area contributed by atoms with Crippen molar-refractivity contribution < 1.29 is 4.52 Å². The predicted octanol–water partition coefficient (Wildman–Crippen LogP) is 4.31. The van der Waals surface area contributed by atoms with Gasteiger partial charge in [0.15, 0.2) is 11.7 Å². The molecule has 0 radical (unpaired) electrons. The van der Waals surface area contributed by atoms with Crippen molar-refractivity contribution in [3.63, 3.8) is 0 Å². The van der Waals surface area contributed by atoms with Gasteiger partial charge in [0.05, 0.1) is 12.2 Å². The van der Waals surface area contributed by atoms with Gasteiger partial charge in [0.1, 0.15) is 0 Å². The highest BCUT2D eigenvalue weighted by atomic mass is 127. The SMILES string of the molecule is CCC(CC)c1cc(CNC(=NC)NCC(C)N2CCc3ccccc3C2)on1.I. The van der Waals surface area contributed by atoms with E-state index in [-0.39, 0.29) is 24.0 Å². The van der Waals surface area contributed by atoms with Crippen LogP contribution in [0.3, 0.4) is 0 Å². The Morgan fingerprint density at radius 3 is 2.63 bits per heavy atom. The van der Waals surface area contributed by atoms with Gasteiger partial charge in [-0.25, -0.2) is 0 Å². The summed E-state index contributed by atoms with van der Waals surface area (Å²) < 4.78 is 5.49. The number of halogens is 1. The summed E-state index contributed by atoms with van der Waals surface area (Å²) in [7, 11) is 1.80. The molecule has 6 nitrogen and oxygen atoms in total. The van der Waals surface area contributed by atoms with Crippen LogP contribution in [-0.4, -0.2) is 42.2 Å². The van der Waals surface area contributed by atoms with E-state index in [0.717, 1.165) is 56.3 Å². The summed E-state index contributed by atoms with van der Waals surface area (Å²) in [6.45, 7) is 10.2. The van der Waals surface area contributed by atoms with E-state index in [1.54, 1.807) is 7.05 Å². The molecule has 166 valence electrons. The maximum Gasteiger partial charge on any atom is 0.191 e. The number of rotatable bonds is 8. The maximum absolute atomic E-state index is 5.49. The summed E-state index contributed by atoms with van der Waals surface area (Å²) in [6, 6.07) is 11.3. The second kappa shape index (κ2) is 12.3. The van der Waals surface area contributed by atoms with Gasteiger partial charge < -0.3 is 15.2 Å². The summed E-state index contributed by atoms with van der Waals surface area (Å²) in [5.41, 5.74) is 3.99. The van der Waals surface area contributed by atoms with Gasteiger partial charge in [0.25, 0.3) is 0 Å². The lowest BCUT2D eigenvalue weighted by molar-refractivity contribution is 0.191. The van der Waals surface area contributed by atoms with Crippen LogP contribution in [-0.2, 0) is 19.5 Å². The number of fused-ring (bicyclic) bond motifs is 1. The molecule has 1 aromatic heterocycles. The van der Waals surface area contributed by atoms with E-state index in [1.807, 2.05) is 0 Å². The summed E-state index contributed by atoms with van der Waals surface area (Å²) in [4.78, 5) is 6.87. The molecule has 0 spiro atoms. The zero-order valence-electron chi connectivity index (χ0n) is 18.6. The van der Waals surface area contributed by atoms with E-state index in [0.29, 0.717) is 18.5 Å². The lowest BCUT2D eigenvalue weighted by atomic mass is 9.99. The van der Waals surface area contributed by atoms with Crippen molar-refractivity contribution in [2.24, 2.45) is 4.99 Å². The number of nitrogens with one attached hydrogen (secondary N) is 2. The van der Waals surface area contributed by atoms with Crippen LogP contribution in [0.5, 0.6) is 0 Å². The average Bonchev–Trinajstić information content (AvgIpc) is 3.23. The molecule has 1 atom stereocenters. The first-order valence-electron chi connectivity index (χ1n) is 10.8. The first-order chi connectivity index (χ1) is 14.1. The number of hydrogen-bond acceptors (Lipinski definition) is 4. The summed E-state index contributed by atoms with van der Waals surface area (Å²) in [6.07, 6.45) is 3.29. The fourth-order valence-corrected chi connectivity index (χ4v) is 3.97. The molecule has 1 aliphatic rings. The number of aromatic nitrogens is 1. The molecule has 0 bridgehead atoms. The second-order valence-electron chi connectivity index (χ2n) is 7.88. The van der Waals surface area contributed by atoms with Gasteiger partial charge >= 0.3 is 0 Å². The summed E-state index contributed by atoms with van der Waals surface area (Å²) >= 11 is 0. The zero-order chi connectivity index (χ0) is 20.6. The van der Waals surface area contributed by atoms with Crippen LogP contribution in [0.25, 0.3) is 0 Å². The number of aliphatic imine (C=N–C) groups is 1. The fourth-order valence-electron chi connectivity index (χ4n) is 3.97. The molecule has 0 fully saturated rings. The first-order valence-corrected chi connectivity index (χ1v) is 10.8. The van der Waals surface area contributed by atoms with Crippen molar-refractivity contribution >= 4 is 29.9 Å². The molecule has 1 aliphatic heterocycles. The number of nitrogens with zero attached hydrogens (tertiary/aromatic N) is 3. The van der Waals surface area contributed by atoms with Crippen LogP contribution >= 0.6 is 24.0 Å². The van der Waals surface area contributed by atoms with Gasteiger partial charge in [0.2, 0.25) is 0 Å². The fraction of sp³-hybridized carbons (Fsp3) is 0.565. The second-order valence-corrected chi connectivity index (χ2v) is 7.88. The molecule has 0 saturated heterocycles. The van der Waals surface area contributed by atoms with Crippen molar-refractivity contribution in [2.45, 2.75) is 65.1 Å². The molecular weight excluding hydrogens is 489 g/mol. The van der Waals surface area contributed by atoms with E-state index in [1.165, 1.54) is 11.1 Å². The maximum atomic E-state index is 5.49. The lowest BCUT2D eigenvalue weighted by Gasteiger charge is -2.34. The largest absolute Gasteiger partial charge is 0.359 e. The minimum atomic E-state index is 0. The summed E-state index contributed by atoms with van der Waals surface area (Å²) in [5, 5.41) is 11.0. The average molecular weight is 525 g/mol. The standard InChI is InChI=1S/C23H35N5O.HI/c1-5-18(6-2)22-13-21(29-27-22)15-26-23(24-4)25-14-17(3)28-12-11-19-9-7-8-10-20(19)16-28;/h7-10,13,17-18H,5-6,11-12,14-16H2,1-4H3,(H2,24,25,26);1H. The van der Waals surface area contributed by atoms with Crippen molar-refractivity contribution in [2.75, 3.05) is 20.1 Å². The predicted molar refractivity (Wildman–Crippen MR) is 133 cm³/mol. The Kier molecular flexibility index (Phi) is 10.1. The zero-order valence-corrected chi connectivity index (χ0v) is 21.0. The molecule has 2 aromatic rings. The van der Waals surface area contributed by atoms with Gasteiger partial charge in [-0.3, -0.25) is 9.89 Å². The molecular formula is C23H36IN5O. The minimum absolute atomic E-state index is 0. The van der Waals surface area contributed by atoms with E-state index in [2.05, 4.69) is 76.8 Å². The minimum Gasteiger partial charge on any atom is -0.359 e. The number of guanidine groups is 1. The molecule has 1 aromatic carbocycles. The highest BCUT2D eigenvalue weighted by Gasteiger charge is 2.20. The first kappa shape index (κ1) is 24.7. The molecule has 0 amide bonds. The van der Waals surface area contributed by atoms with E-state index in [4.69, 9.17) is 4.52 Å². The quantitative estimate of drug-likeness (QED) is 0.306. The topological polar surface area (TPSA) is 65.7 Å². The van der Waals surface area contributed by atoms with Crippen LogP contribution < -0.4 is 10.6 Å². The Balaban J connectivity index is 0.00000320. The Hall–Kier alpha value is -1.61. The van der Waals surface area contributed by atoms with Crippen molar-refractivity contribution in [1.29, 1.82) is 0 Å². The van der Waals surface area contributed by atoms with Gasteiger partial charge in [-0.1, -0.05) is 43.3 Å². The Morgan fingerprint density at radius 2 is 1.93 bits per heavy atom. The van der Waals surface area contributed by atoms with Gasteiger partial charge in [-0.05, 0) is 37.3 Å². The third kappa shape index (κ3) is 6.44. The number of hydrogen-bond donors (Lipinski definition) is 2. The van der Waals surface area contributed by atoms with Crippen LogP contribution in [0.4, 0.5) is 0 Å². The molecule has 3 rings (SSSR count). The van der Waals surface area contributed by atoms with Crippen LogP contribution in [0.15, 0.2) is 39.8 Å². The van der Waals surface area contributed by atoms with Gasteiger partial charge in [-0.15, -0.1) is 24.0 Å². The highest BCUT2D eigenvalue weighted by Crippen LogP contribution is 2.22. The molecule has 0 aliphatic carbocycles. The lowest BCUT2D eigenvalue weighted by Crippen LogP contribution is -2.47. The van der Waals surface area contributed by atoms with E-state index in [9.17, 15) is 0 Å². The van der Waals surface area contributed by atoms with Crippen molar-refractivity contribution in [3.05, 3.63) is 52.9 Å². The monoisotopic (exact) mass is 525 g/mol. The molecule has 0 saturated carbocycles. The molecule has 7 heteroatoms. The van der Waals surface area contributed by atoms with Crippen LogP contribution in [0, 0.1) is 0 Å². The molecule has 1 unspecified atom stereocenters. The van der Waals surface area contributed by atoms with Gasteiger partial charge in [-0.2, -0.15) is 0 Å². The summed E-state index contributed by atoms with van der Waals surface area (Å²) in [5.74, 6) is 2.10. The smallest absolute Gasteiger partial charge is 0.191 e.